The highest BCUT2D eigenvalue weighted by molar-refractivity contribution is 6.06. The van der Waals surface area contributed by atoms with Crippen molar-refractivity contribution < 1.29 is 14.3 Å². The summed E-state index contributed by atoms with van der Waals surface area (Å²) in [6.45, 7) is 4.43. The van der Waals surface area contributed by atoms with Crippen molar-refractivity contribution in [2.45, 2.75) is 20.3 Å². The number of hydrogen-bond donors (Lipinski definition) is 0. The van der Waals surface area contributed by atoms with Gasteiger partial charge in [0.2, 0.25) is 0 Å². The molecule has 2 rings (SSSR count). The van der Waals surface area contributed by atoms with Crippen LogP contribution in [0.1, 0.15) is 23.1 Å². The second-order valence-electron chi connectivity index (χ2n) is 5.02. The average molecular weight is 285 g/mol. The third kappa shape index (κ3) is 3.40. The third-order valence-corrected chi connectivity index (χ3v) is 3.59. The molecule has 4 heteroatoms. The minimum Gasteiger partial charge on any atom is -0.496 e. The van der Waals surface area contributed by atoms with Gasteiger partial charge in [-0.1, -0.05) is 12.1 Å². The normalized spacial score (nSPS) is 14.8. The summed E-state index contributed by atoms with van der Waals surface area (Å²) in [5.41, 5.74) is 3.05. The monoisotopic (exact) mass is 285 g/mol. The van der Waals surface area contributed by atoms with E-state index in [4.69, 9.17) is 4.74 Å². The van der Waals surface area contributed by atoms with Gasteiger partial charge in [-0.3, -0.25) is 14.5 Å². The van der Waals surface area contributed by atoms with Crippen molar-refractivity contribution in [3.05, 3.63) is 47.1 Å². The Kier molecular flexibility index (Phi) is 4.58. The Morgan fingerprint density at radius 2 is 2.10 bits per heavy atom. The molecule has 1 heterocycles. The van der Waals surface area contributed by atoms with Crippen LogP contribution in [0, 0.1) is 13.8 Å². The van der Waals surface area contributed by atoms with Crippen LogP contribution in [0.15, 0.2) is 30.4 Å². The number of hydrogen-bond acceptors (Lipinski definition) is 3. The van der Waals surface area contributed by atoms with E-state index in [1.165, 1.54) is 17.1 Å². The zero-order valence-corrected chi connectivity index (χ0v) is 12.6. The molecule has 0 saturated carbocycles. The van der Waals surface area contributed by atoms with Gasteiger partial charge in [0, 0.05) is 12.6 Å². The quantitative estimate of drug-likeness (QED) is 0.802. The molecule has 0 aromatic heterocycles. The maximum atomic E-state index is 12.0. The molecular formula is C17H19NO3. The number of nitrogens with zero attached hydrogens (tertiary/aromatic N) is 1. The van der Waals surface area contributed by atoms with E-state index in [0.29, 0.717) is 13.0 Å². The lowest BCUT2D eigenvalue weighted by molar-refractivity contribution is -0.139. The van der Waals surface area contributed by atoms with Crippen LogP contribution in [0.2, 0.25) is 0 Å². The van der Waals surface area contributed by atoms with Crippen LogP contribution in [-0.2, 0) is 9.59 Å². The average Bonchev–Trinajstić information content (AvgIpc) is 2.48. The van der Waals surface area contributed by atoms with Gasteiger partial charge in [-0.25, -0.2) is 0 Å². The Hall–Kier alpha value is -2.36. The third-order valence-electron chi connectivity index (χ3n) is 3.59. The standard InChI is InChI=1S/C17H19NO3/c1-12-10-14(11-15(21-3)13(12)2)7-8-17(20)18-9-5-4-6-16(18)19/h4,6-8,10-11H,5,9H2,1-3H3/b8-7+. The van der Waals surface area contributed by atoms with Crippen molar-refractivity contribution in [2.24, 2.45) is 0 Å². The van der Waals surface area contributed by atoms with Crippen LogP contribution < -0.4 is 4.74 Å². The number of benzene rings is 1. The first-order chi connectivity index (χ1) is 10.0. The summed E-state index contributed by atoms with van der Waals surface area (Å²) >= 11 is 0. The number of carbonyl (C=O) groups excluding carboxylic acids is 2. The van der Waals surface area contributed by atoms with Crippen molar-refractivity contribution in [1.82, 2.24) is 4.90 Å². The maximum Gasteiger partial charge on any atom is 0.253 e. The van der Waals surface area contributed by atoms with Gasteiger partial charge < -0.3 is 4.74 Å². The Balaban J connectivity index is 2.17. The first-order valence-electron chi connectivity index (χ1n) is 6.88. The predicted octanol–water partition coefficient (Wildman–Crippen LogP) is 2.64. The summed E-state index contributed by atoms with van der Waals surface area (Å²) in [4.78, 5) is 24.9. The summed E-state index contributed by atoms with van der Waals surface area (Å²) in [5.74, 6) is 0.245. The minimum atomic E-state index is -0.290. The van der Waals surface area contributed by atoms with E-state index in [1.54, 1.807) is 19.3 Å². The molecule has 110 valence electrons. The predicted molar refractivity (Wildman–Crippen MR) is 82.0 cm³/mol. The smallest absolute Gasteiger partial charge is 0.253 e. The maximum absolute atomic E-state index is 12.0. The van der Waals surface area contributed by atoms with Crippen LogP contribution in [0.4, 0.5) is 0 Å². The number of rotatable bonds is 3. The van der Waals surface area contributed by atoms with E-state index in [0.717, 1.165) is 22.4 Å². The van der Waals surface area contributed by atoms with Gasteiger partial charge in [0.1, 0.15) is 5.75 Å². The first-order valence-corrected chi connectivity index (χ1v) is 6.88. The fourth-order valence-corrected chi connectivity index (χ4v) is 2.23. The summed E-state index contributed by atoms with van der Waals surface area (Å²) in [6, 6.07) is 3.86. The molecule has 0 spiro atoms. The summed E-state index contributed by atoms with van der Waals surface area (Å²) in [7, 11) is 1.62. The molecule has 1 aliphatic heterocycles. The molecule has 4 nitrogen and oxygen atoms in total. The highest BCUT2D eigenvalue weighted by atomic mass is 16.5. The molecular weight excluding hydrogens is 266 g/mol. The van der Waals surface area contributed by atoms with Gasteiger partial charge in [-0.2, -0.15) is 0 Å². The fraction of sp³-hybridized carbons (Fsp3) is 0.294. The van der Waals surface area contributed by atoms with Crippen LogP contribution in [0.5, 0.6) is 5.75 Å². The molecule has 1 aliphatic rings. The van der Waals surface area contributed by atoms with Crippen LogP contribution in [0.25, 0.3) is 6.08 Å². The van der Waals surface area contributed by atoms with Crippen LogP contribution in [-0.4, -0.2) is 30.4 Å². The van der Waals surface area contributed by atoms with E-state index in [1.807, 2.05) is 26.0 Å². The molecule has 0 N–H and O–H groups in total. The Morgan fingerprint density at radius 3 is 2.76 bits per heavy atom. The first kappa shape index (κ1) is 15.0. The van der Waals surface area contributed by atoms with Gasteiger partial charge in [0.15, 0.2) is 0 Å². The van der Waals surface area contributed by atoms with Gasteiger partial charge in [0.25, 0.3) is 11.8 Å². The van der Waals surface area contributed by atoms with Crippen LogP contribution >= 0.6 is 0 Å². The van der Waals surface area contributed by atoms with Gasteiger partial charge in [-0.15, -0.1) is 0 Å². The SMILES string of the molecule is COc1cc(/C=C/C(=O)N2CCC=CC2=O)cc(C)c1C. The molecule has 0 atom stereocenters. The van der Waals surface area contributed by atoms with Gasteiger partial charge in [0.05, 0.1) is 7.11 Å². The molecule has 2 amide bonds. The Morgan fingerprint density at radius 1 is 1.33 bits per heavy atom. The molecule has 0 aliphatic carbocycles. The van der Waals surface area contributed by atoms with Crippen molar-refractivity contribution >= 4 is 17.9 Å². The lowest BCUT2D eigenvalue weighted by atomic mass is 10.0. The number of amides is 2. The molecule has 0 fully saturated rings. The van der Waals surface area contributed by atoms with Gasteiger partial charge >= 0.3 is 0 Å². The van der Waals surface area contributed by atoms with Crippen LogP contribution in [0.3, 0.4) is 0 Å². The molecule has 1 aromatic carbocycles. The zero-order chi connectivity index (χ0) is 15.4. The number of imide groups is 1. The van der Waals surface area contributed by atoms with E-state index >= 15 is 0 Å². The number of aryl methyl sites for hydroxylation is 1. The van der Waals surface area contributed by atoms with Crippen molar-refractivity contribution in [3.63, 3.8) is 0 Å². The number of carbonyl (C=O) groups is 2. The fourth-order valence-electron chi connectivity index (χ4n) is 2.23. The zero-order valence-electron chi connectivity index (χ0n) is 12.6. The van der Waals surface area contributed by atoms with Crippen molar-refractivity contribution in [2.75, 3.05) is 13.7 Å². The van der Waals surface area contributed by atoms with E-state index in [9.17, 15) is 9.59 Å². The molecule has 0 unspecified atom stereocenters. The van der Waals surface area contributed by atoms with E-state index in [2.05, 4.69) is 0 Å². The molecule has 0 saturated heterocycles. The lowest BCUT2D eigenvalue weighted by Gasteiger charge is -2.19. The second kappa shape index (κ2) is 6.39. The summed E-state index contributed by atoms with van der Waals surface area (Å²) in [6.07, 6.45) is 7.07. The Labute approximate surface area is 124 Å². The lowest BCUT2D eigenvalue weighted by Crippen LogP contribution is -2.37. The highest BCUT2D eigenvalue weighted by Gasteiger charge is 2.18. The largest absolute Gasteiger partial charge is 0.496 e. The minimum absolute atomic E-state index is 0.256. The van der Waals surface area contributed by atoms with Crippen molar-refractivity contribution in [3.8, 4) is 5.75 Å². The second-order valence-corrected chi connectivity index (χ2v) is 5.02. The van der Waals surface area contributed by atoms with Crippen molar-refractivity contribution in [1.29, 1.82) is 0 Å². The molecule has 1 aromatic rings. The summed E-state index contributed by atoms with van der Waals surface area (Å²) in [5, 5.41) is 0. The molecule has 21 heavy (non-hydrogen) atoms. The highest BCUT2D eigenvalue weighted by Crippen LogP contribution is 2.24. The number of ether oxygens (including phenoxy) is 1. The Bertz CT molecular complexity index is 629. The molecule has 0 radical (unpaired) electrons. The topological polar surface area (TPSA) is 46.6 Å². The molecule has 0 bridgehead atoms. The summed E-state index contributed by atoms with van der Waals surface area (Å²) < 4.78 is 5.31. The van der Waals surface area contributed by atoms with E-state index in [-0.39, 0.29) is 11.8 Å². The number of methoxy groups -OCH3 is 1. The van der Waals surface area contributed by atoms with Gasteiger partial charge in [-0.05, 0) is 55.2 Å². The van der Waals surface area contributed by atoms with E-state index < -0.39 is 0 Å².